The number of methoxy groups -OCH3 is 1. The van der Waals surface area contributed by atoms with Gasteiger partial charge < -0.3 is 24.8 Å². The van der Waals surface area contributed by atoms with E-state index in [1.54, 1.807) is 7.11 Å². The maximum atomic E-state index is 10.2. The molecule has 0 saturated heterocycles. The van der Waals surface area contributed by atoms with Crippen LogP contribution in [-0.2, 0) is 13.0 Å². The number of ether oxygens (including phenoxy) is 2. The molecule has 5 nitrogen and oxygen atoms in total. The molecule has 0 saturated carbocycles. The predicted octanol–water partition coefficient (Wildman–Crippen LogP) is 3.42. The molecule has 0 aliphatic carbocycles. The maximum Gasteiger partial charge on any atom is 0.161 e. The minimum Gasteiger partial charge on any atom is -0.493 e. The van der Waals surface area contributed by atoms with Gasteiger partial charge in [0.05, 0.1) is 7.11 Å². The highest BCUT2D eigenvalue weighted by Gasteiger charge is 2.13. The number of benzene rings is 2. The Hall–Kier alpha value is -2.08. The summed E-state index contributed by atoms with van der Waals surface area (Å²) >= 11 is 0. The number of nitrogens with one attached hydrogen (secondary N) is 1. The number of hydrogen-bond donors (Lipinski definition) is 2. The Labute approximate surface area is 175 Å². The predicted molar refractivity (Wildman–Crippen MR) is 119 cm³/mol. The molecule has 5 heteroatoms. The van der Waals surface area contributed by atoms with Gasteiger partial charge in [0, 0.05) is 19.1 Å². The van der Waals surface area contributed by atoms with Gasteiger partial charge in [-0.2, -0.15) is 0 Å². The molecule has 0 radical (unpaired) electrons. The second-order valence-electron chi connectivity index (χ2n) is 7.90. The Morgan fingerprint density at radius 1 is 1.03 bits per heavy atom. The molecular weight excluding hydrogens is 364 g/mol. The molecule has 2 aromatic rings. The highest BCUT2D eigenvalue weighted by molar-refractivity contribution is 5.43. The summed E-state index contributed by atoms with van der Waals surface area (Å²) in [4.78, 5) is 2.09. The summed E-state index contributed by atoms with van der Waals surface area (Å²) in [5, 5.41) is 13.7. The van der Waals surface area contributed by atoms with E-state index in [0.717, 1.165) is 25.1 Å². The molecular formula is C24H36N2O3. The molecule has 0 spiro atoms. The zero-order chi connectivity index (χ0) is 21.2. The zero-order valence-corrected chi connectivity index (χ0v) is 18.4. The van der Waals surface area contributed by atoms with Crippen LogP contribution in [0.4, 0.5) is 0 Å². The quantitative estimate of drug-likeness (QED) is 0.535. The van der Waals surface area contributed by atoms with Crippen molar-refractivity contribution >= 4 is 0 Å². The number of aliphatic hydroxyl groups excluding tert-OH is 1. The fourth-order valence-corrected chi connectivity index (χ4v) is 2.94. The molecule has 0 heterocycles. The van der Waals surface area contributed by atoms with Crippen LogP contribution in [0.2, 0.25) is 0 Å². The molecule has 2 N–H and O–H groups in total. The van der Waals surface area contributed by atoms with E-state index in [4.69, 9.17) is 9.47 Å². The van der Waals surface area contributed by atoms with Gasteiger partial charge in [-0.25, -0.2) is 0 Å². The van der Waals surface area contributed by atoms with Crippen molar-refractivity contribution in [2.45, 2.75) is 45.9 Å². The van der Waals surface area contributed by atoms with Crippen LogP contribution in [0.15, 0.2) is 42.5 Å². The number of rotatable bonds is 12. The molecule has 0 aromatic heterocycles. The maximum absolute atomic E-state index is 10.2. The lowest BCUT2D eigenvalue weighted by atomic mass is 10.1. The van der Waals surface area contributed by atoms with Crippen molar-refractivity contribution in [2.24, 2.45) is 0 Å². The summed E-state index contributed by atoms with van der Waals surface area (Å²) in [7, 11) is 3.63. The monoisotopic (exact) mass is 400 g/mol. The first-order valence-corrected chi connectivity index (χ1v) is 10.3. The average molecular weight is 401 g/mol. The van der Waals surface area contributed by atoms with Crippen LogP contribution in [0.3, 0.4) is 0 Å². The molecule has 0 unspecified atom stereocenters. The molecule has 0 aliphatic heterocycles. The van der Waals surface area contributed by atoms with Gasteiger partial charge in [0.1, 0.15) is 12.7 Å². The third kappa shape index (κ3) is 8.05. The lowest BCUT2D eigenvalue weighted by Crippen LogP contribution is -2.36. The third-order valence-corrected chi connectivity index (χ3v) is 5.08. The average Bonchev–Trinajstić information content (AvgIpc) is 2.71. The minimum atomic E-state index is -0.546. The Bertz CT molecular complexity index is 731. The lowest BCUT2D eigenvalue weighted by Gasteiger charge is -2.24. The van der Waals surface area contributed by atoms with Crippen molar-refractivity contribution in [3.8, 4) is 11.5 Å². The molecule has 2 rings (SSSR count). The van der Waals surface area contributed by atoms with E-state index < -0.39 is 6.10 Å². The summed E-state index contributed by atoms with van der Waals surface area (Å²) in [5.74, 6) is 1.34. The third-order valence-electron chi connectivity index (χ3n) is 5.08. The van der Waals surface area contributed by atoms with Gasteiger partial charge in [-0.3, -0.25) is 0 Å². The van der Waals surface area contributed by atoms with Gasteiger partial charge in [-0.15, -0.1) is 0 Å². The molecule has 0 aliphatic rings. The molecule has 0 bridgehead atoms. The lowest BCUT2D eigenvalue weighted by molar-refractivity contribution is 0.0668. The summed E-state index contributed by atoms with van der Waals surface area (Å²) < 4.78 is 11.3. The first kappa shape index (κ1) is 23.2. The van der Waals surface area contributed by atoms with Gasteiger partial charge in [-0.1, -0.05) is 35.9 Å². The van der Waals surface area contributed by atoms with Crippen LogP contribution in [0, 0.1) is 6.92 Å². The number of aliphatic hydroxyl groups is 1. The topological polar surface area (TPSA) is 54.0 Å². The first-order chi connectivity index (χ1) is 13.9. The fourth-order valence-electron chi connectivity index (χ4n) is 2.94. The van der Waals surface area contributed by atoms with Gasteiger partial charge in [0.25, 0.3) is 0 Å². The minimum absolute atomic E-state index is 0.238. The number of nitrogens with zero attached hydrogens (tertiary/aromatic N) is 1. The molecule has 1 atom stereocenters. The molecule has 0 fully saturated rings. The van der Waals surface area contributed by atoms with Crippen LogP contribution < -0.4 is 14.8 Å². The standard InChI is InChI=1S/C24H36N2O3/c1-18(2)26(4)16-22(27)17-29-23-11-10-21(14-24(23)28-5)15-25-13-12-20-8-6-19(3)7-9-20/h6-11,14,18,22,25,27H,12-13,15-17H2,1-5H3/t22-/m1/s1. The largest absolute Gasteiger partial charge is 0.493 e. The Balaban J connectivity index is 1.80. The number of aryl methyl sites for hydroxylation is 1. The van der Waals surface area contributed by atoms with E-state index in [1.165, 1.54) is 11.1 Å². The Morgan fingerprint density at radius 3 is 2.38 bits per heavy atom. The zero-order valence-electron chi connectivity index (χ0n) is 18.4. The van der Waals surface area contributed by atoms with Gasteiger partial charge >= 0.3 is 0 Å². The van der Waals surface area contributed by atoms with E-state index in [-0.39, 0.29) is 6.61 Å². The van der Waals surface area contributed by atoms with Gasteiger partial charge in [0.15, 0.2) is 11.5 Å². The van der Waals surface area contributed by atoms with Crippen molar-refractivity contribution in [2.75, 3.05) is 33.9 Å². The van der Waals surface area contributed by atoms with E-state index >= 15 is 0 Å². The second kappa shape index (κ2) is 11.8. The number of hydrogen-bond acceptors (Lipinski definition) is 5. The smallest absolute Gasteiger partial charge is 0.161 e. The van der Waals surface area contributed by atoms with E-state index in [1.807, 2.05) is 25.2 Å². The van der Waals surface area contributed by atoms with Crippen LogP contribution in [0.5, 0.6) is 11.5 Å². The van der Waals surface area contributed by atoms with E-state index in [0.29, 0.717) is 24.1 Å². The van der Waals surface area contributed by atoms with Crippen molar-refractivity contribution in [1.82, 2.24) is 10.2 Å². The summed E-state index contributed by atoms with van der Waals surface area (Å²) in [6.07, 6.45) is 0.455. The van der Waals surface area contributed by atoms with Crippen LogP contribution >= 0.6 is 0 Å². The molecule has 2 aromatic carbocycles. The van der Waals surface area contributed by atoms with Crippen LogP contribution in [0.1, 0.15) is 30.5 Å². The normalized spacial score (nSPS) is 12.4. The van der Waals surface area contributed by atoms with Crippen LogP contribution in [0.25, 0.3) is 0 Å². The SMILES string of the molecule is COc1cc(CNCCc2ccc(C)cc2)ccc1OC[C@H](O)CN(C)C(C)C. The van der Waals surface area contributed by atoms with E-state index in [2.05, 4.69) is 55.3 Å². The van der Waals surface area contributed by atoms with Crippen molar-refractivity contribution in [3.63, 3.8) is 0 Å². The van der Waals surface area contributed by atoms with Crippen LogP contribution in [-0.4, -0.2) is 56.0 Å². The highest BCUT2D eigenvalue weighted by atomic mass is 16.5. The molecule has 0 amide bonds. The van der Waals surface area contributed by atoms with E-state index in [9.17, 15) is 5.11 Å². The second-order valence-corrected chi connectivity index (χ2v) is 7.90. The van der Waals surface area contributed by atoms with Gasteiger partial charge in [-0.05, 0) is 64.0 Å². The summed E-state index contributed by atoms with van der Waals surface area (Å²) in [6.45, 7) is 8.80. The van der Waals surface area contributed by atoms with Crippen molar-refractivity contribution in [1.29, 1.82) is 0 Å². The fraction of sp³-hybridized carbons (Fsp3) is 0.500. The number of likely N-dealkylation sites (N-methyl/N-ethyl adjacent to an activating group) is 1. The highest BCUT2D eigenvalue weighted by Crippen LogP contribution is 2.28. The van der Waals surface area contributed by atoms with Crippen molar-refractivity contribution < 1.29 is 14.6 Å². The summed E-state index contributed by atoms with van der Waals surface area (Å²) in [5.41, 5.74) is 3.76. The molecule has 29 heavy (non-hydrogen) atoms. The Morgan fingerprint density at radius 2 is 1.72 bits per heavy atom. The first-order valence-electron chi connectivity index (χ1n) is 10.3. The Kier molecular flexibility index (Phi) is 9.45. The van der Waals surface area contributed by atoms with Gasteiger partial charge in [0.2, 0.25) is 0 Å². The summed E-state index contributed by atoms with van der Waals surface area (Å²) in [6, 6.07) is 15.0. The van der Waals surface area contributed by atoms with Crippen molar-refractivity contribution in [3.05, 3.63) is 59.2 Å². The molecule has 160 valence electrons.